The fourth-order valence-corrected chi connectivity index (χ4v) is 2.69. The molecule has 2 rings (SSSR count). The van der Waals surface area contributed by atoms with Crippen LogP contribution in [-0.4, -0.2) is 36.1 Å². The van der Waals surface area contributed by atoms with Crippen LogP contribution in [0.4, 0.5) is 0 Å². The first-order chi connectivity index (χ1) is 8.77. The summed E-state index contributed by atoms with van der Waals surface area (Å²) < 4.78 is 0. The molecule has 1 fully saturated rings. The fourth-order valence-electron chi connectivity index (χ4n) is 2.69. The quantitative estimate of drug-likeness (QED) is 0.810. The summed E-state index contributed by atoms with van der Waals surface area (Å²) in [6, 6.07) is 4.89. The van der Waals surface area contributed by atoms with Crippen LogP contribution in [-0.2, 0) is 6.54 Å². The molecule has 1 saturated heterocycles. The highest BCUT2D eigenvalue weighted by Gasteiger charge is 2.17. The summed E-state index contributed by atoms with van der Waals surface area (Å²) >= 11 is 0. The summed E-state index contributed by atoms with van der Waals surface area (Å²) in [5.74, 6) is 0. The van der Waals surface area contributed by atoms with Crippen molar-refractivity contribution >= 4 is 0 Å². The molecule has 1 aromatic rings. The molecule has 18 heavy (non-hydrogen) atoms. The van der Waals surface area contributed by atoms with Crippen LogP contribution >= 0.6 is 0 Å². The van der Waals surface area contributed by atoms with Crippen molar-refractivity contribution in [3.05, 3.63) is 29.6 Å². The standard InChI is InChI=1S/C15H25N3/c1-13-6-5-9-17-15(13)12-16-10-8-14-7-3-4-11-18(14)2/h5-6,9,14,16H,3-4,7-8,10-12H2,1-2H3. The van der Waals surface area contributed by atoms with Gasteiger partial charge in [-0.2, -0.15) is 0 Å². The lowest BCUT2D eigenvalue weighted by atomic mass is 10.0. The van der Waals surface area contributed by atoms with Crippen molar-refractivity contribution in [1.29, 1.82) is 0 Å². The number of likely N-dealkylation sites (tertiary alicyclic amines) is 1. The maximum atomic E-state index is 4.40. The van der Waals surface area contributed by atoms with Crippen molar-refractivity contribution < 1.29 is 0 Å². The largest absolute Gasteiger partial charge is 0.311 e. The molecule has 2 heterocycles. The number of nitrogens with one attached hydrogen (secondary N) is 1. The number of hydrogen-bond acceptors (Lipinski definition) is 3. The number of hydrogen-bond donors (Lipinski definition) is 1. The third-order valence-electron chi connectivity index (χ3n) is 3.99. The molecule has 0 spiro atoms. The second kappa shape index (κ2) is 6.86. The van der Waals surface area contributed by atoms with E-state index >= 15 is 0 Å². The molecule has 1 aliphatic rings. The number of rotatable bonds is 5. The Hall–Kier alpha value is -0.930. The molecule has 3 nitrogen and oxygen atoms in total. The van der Waals surface area contributed by atoms with E-state index in [9.17, 15) is 0 Å². The molecular formula is C15H25N3. The molecule has 0 aromatic carbocycles. The zero-order chi connectivity index (χ0) is 12.8. The van der Waals surface area contributed by atoms with Gasteiger partial charge in [-0.1, -0.05) is 12.5 Å². The molecule has 100 valence electrons. The lowest BCUT2D eigenvalue weighted by Gasteiger charge is -2.32. The van der Waals surface area contributed by atoms with Crippen molar-refractivity contribution in [2.45, 2.75) is 45.2 Å². The summed E-state index contributed by atoms with van der Waals surface area (Å²) in [7, 11) is 2.26. The van der Waals surface area contributed by atoms with Crippen LogP contribution in [0.15, 0.2) is 18.3 Å². The minimum absolute atomic E-state index is 0.774. The van der Waals surface area contributed by atoms with Crippen LogP contribution in [0.1, 0.15) is 36.9 Å². The van der Waals surface area contributed by atoms with Crippen molar-refractivity contribution in [3.8, 4) is 0 Å². The molecule has 0 bridgehead atoms. The first kappa shape index (κ1) is 13.5. The number of nitrogens with zero attached hydrogens (tertiary/aromatic N) is 2. The Labute approximate surface area is 111 Å². The van der Waals surface area contributed by atoms with Gasteiger partial charge in [-0.3, -0.25) is 4.98 Å². The van der Waals surface area contributed by atoms with E-state index in [1.54, 1.807) is 0 Å². The molecule has 0 radical (unpaired) electrons. The lowest BCUT2D eigenvalue weighted by molar-refractivity contribution is 0.175. The average Bonchev–Trinajstić information content (AvgIpc) is 2.38. The van der Waals surface area contributed by atoms with E-state index in [0.29, 0.717) is 0 Å². The van der Waals surface area contributed by atoms with Crippen LogP contribution in [0.25, 0.3) is 0 Å². The average molecular weight is 247 g/mol. The Bertz CT molecular complexity index is 365. The zero-order valence-electron chi connectivity index (χ0n) is 11.7. The zero-order valence-corrected chi connectivity index (χ0v) is 11.7. The molecule has 1 unspecified atom stereocenters. The van der Waals surface area contributed by atoms with E-state index in [1.165, 1.54) is 43.5 Å². The minimum atomic E-state index is 0.774. The number of aryl methyl sites for hydroxylation is 1. The predicted octanol–water partition coefficient (Wildman–Crippen LogP) is 2.35. The Morgan fingerprint density at radius 3 is 3.11 bits per heavy atom. The van der Waals surface area contributed by atoms with Gasteiger partial charge in [0.2, 0.25) is 0 Å². The number of piperidine rings is 1. The topological polar surface area (TPSA) is 28.2 Å². The lowest BCUT2D eigenvalue weighted by Crippen LogP contribution is -2.38. The normalized spacial score (nSPS) is 21.1. The van der Waals surface area contributed by atoms with Crippen molar-refractivity contribution in [2.75, 3.05) is 20.1 Å². The van der Waals surface area contributed by atoms with Crippen LogP contribution < -0.4 is 5.32 Å². The summed E-state index contributed by atoms with van der Waals surface area (Å²) in [4.78, 5) is 6.92. The molecule has 1 N–H and O–H groups in total. The smallest absolute Gasteiger partial charge is 0.0570 e. The highest BCUT2D eigenvalue weighted by molar-refractivity contribution is 5.17. The van der Waals surface area contributed by atoms with Gasteiger partial charge in [-0.15, -0.1) is 0 Å². The molecule has 0 amide bonds. The molecule has 1 aliphatic heterocycles. The van der Waals surface area contributed by atoms with E-state index in [1.807, 2.05) is 12.3 Å². The Kier molecular flexibility index (Phi) is 5.14. The van der Waals surface area contributed by atoms with Gasteiger partial charge >= 0.3 is 0 Å². The van der Waals surface area contributed by atoms with Gasteiger partial charge in [0.1, 0.15) is 0 Å². The molecular weight excluding hydrogens is 222 g/mol. The van der Waals surface area contributed by atoms with Gasteiger partial charge in [0.05, 0.1) is 5.69 Å². The number of aromatic nitrogens is 1. The predicted molar refractivity (Wildman–Crippen MR) is 75.6 cm³/mol. The van der Waals surface area contributed by atoms with Gasteiger partial charge in [0.15, 0.2) is 0 Å². The third kappa shape index (κ3) is 3.79. The second-order valence-electron chi connectivity index (χ2n) is 5.36. The highest BCUT2D eigenvalue weighted by Crippen LogP contribution is 2.17. The van der Waals surface area contributed by atoms with E-state index < -0.39 is 0 Å². The first-order valence-electron chi connectivity index (χ1n) is 7.09. The van der Waals surface area contributed by atoms with Crippen LogP contribution in [0.5, 0.6) is 0 Å². The van der Waals surface area contributed by atoms with Crippen molar-refractivity contribution in [2.24, 2.45) is 0 Å². The summed E-state index contributed by atoms with van der Waals surface area (Å²) in [5.41, 5.74) is 2.45. The van der Waals surface area contributed by atoms with Crippen molar-refractivity contribution in [3.63, 3.8) is 0 Å². The van der Waals surface area contributed by atoms with Crippen LogP contribution in [0.3, 0.4) is 0 Å². The van der Waals surface area contributed by atoms with E-state index in [2.05, 4.69) is 35.2 Å². The Morgan fingerprint density at radius 1 is 1.44 bits per heavy atom. The molecule has 1 atom stereocenters. The van der Waals surface area contributed by atoms with Crippen LogP contribution in [0, 0.1) is 6.92 Å². The van der Waals surface area contributed by atoms with Gasteiger partial charge in [-0.05, 0) is 58.0 Å². The van der Waals surface area contributed by atoms with Gasteiger partial charge in [0.25, 0.3) is 0 Å². The molecule has 1 aromatic heterocycles. The molecule has 0 saturated carbocycles. The van der Waals surface area contributed by atoms with Gasteiger partial charge in [-0.25, -0.2) is 0 Å². The maximum Gasteiger partial charge on any atom is 0.0570 e. The van der Waals surface area contributed by atoms with Gasteiger partial charge in [0, 0.05) is 18.8 Å². The minimum Gasteiger partial charge on any atom is -0.311 e. The SMILES string of the molecule is Cc1cccnc1CNCCC1CCCCN1C. The molecule has 3 heteroatoms. The van der Waals surface area contributed by atoms with E-state index in [0.717, 1.165) is 19.1 Å². The third-order valence-corrected chi connectivity index (χ3v) is 3.99. The van der Waals surface area contributed by atoms with E-state index in [4.69, 9.17) is 0 Å². The summed E-state index contributed by atoms with van der Waals surface area (Å²) in [6.07, 6.45) is 7.25. The first-order valence-corrected chi connectivity index (χ1v) is 7.09. The number of pyridine rings is 1. The van der Waals surface area contributed by atoms with Crippen molar-refractivity contribution in [1.82, 2.24) is 15.2 Å². The summed E-state index contributed by atoms with van der Waals surface area (Å²) in [6.45, 7) is 5.37. The highest BCUT2D eigenvalue weighted by atomic mass is 15.1. The fraction of sp³-hybridized carbons (Fsp3) is 0.667. The Balaban J connectivity index is 1.68. The van der Waals surface area contributed by atoms with Gasteiger partial charge < -0.3 is 10.2 Å². The maximum absolute atomic E-state index is 4.40. The Morgan fingerprint density at radius 2 is 2.33 bits per heavy atom. The van der Waals surface area contributed by atoms with E-state index in [-0.39, 0.29) is 0 Å². The van der Waals surface area contributed by atoms with Crippen LogP contribution in [0.2, 0.25) is 0 Å². The molecule has 0 aliphatic carbocycles. The monoisotopic (exact) mass is 247 g/mol. The second-order valence-corrected chi connectivity index (χ2v) is 5.36. The summed E-state index contributed by atoms with van der Waals surface area (Å²) in [5, 5.41) is 3.52.